The van der Waals surface area contributed by atoms with Gasteiger partial charge in [-0.1, -0.05) is 38.1 Å². The van der Waals surface area contributed by atoms with Crippen molar-refractivity contribution < 1.29 is 39.5 Å². The minimum Gasteiger partial charge on any atom is -0.515 e. The fraction of sp³-hybridized carbons (Fsp3) is 0.517. The van der Waals surface area contributed by atoms with Crippen LogP contribution in [0.4, 0.5) is 0 Å². The van der Waals surface area contributed by atoms with Gasteiger partial charge in [-0.3, -0.25) is 15.0 Å². The quantitative estimate of drug-likeness (QED) is 0.0893. The minimum atomic E-state index is -1.56. The van der Waals surface area contributed by atoms with Gasteiger partial charge in [0.15, 0.2) is 0 Å². The number of benzene rings is 1. The minimum absolute atomic E-state index is 0.0949. The molecule has 0 bridgehead atoms. The van der Waals surface area contributed by atoms with Gasteiger partial charge in [-0.05, 0) is 36.8 Å². The highest BCUT2D eigenvalue weighted by molar-refractivity contribution is 6.39. The lowest BCUT2D eigenvalue weighted by molar-refractivity contribution is -0.203. The van der Waals surface area contributed by atoms with Crippen LogP contribution in [-0.4, -0.2) is 88.1 Å². The van der Waals surface area contributed by atoms with E-state index >= 15 is 0 Å². The van der Waals surface area contributed by atoms with E-state index in [1.807, 2.05) is 38.1 Å². The average molecular weight is 590 g/mol. The fourth-order valence-electron chi connectivity index (χ4n) is 4.16. The molecule has 1 fully saturated rings. The molecule has 1 aliphatic rings. The number of amides is 2. The molecule has 0 aromatic heterocycles. The number of nitrogens with two attached hydrogens (primary N) is 2. The molecule has 1 heterocycles. The fourth-order valence-corrected chi connectivity index (χ4v) is 4.16. The molecule has 13 heteroatoms. The smallest absolute Gasteiger partial charge is 0.265 e. The first-order valence-electron chi connectivity index (χ1n) is 13.8. The maximum Gasteiger partial charge on any atom is 0.265 e. The lowest BCUT2D eigenvalue weighted by Gasteiger charge is -2.37. The zero-order valence-corrected chi connectivity index (χ0v) is 24.2. The Morgan fingerprint density at radius 1 is 1.21 bits per heavy atom. The van der Waals surface area contributed by atoms with Crippen LogP contribution in [0.15, 0.2) is 52.4 Å². The number of nitrogens with zero attached hydrogens (tertiary/aromatic N) is 1. The number of hydrogen-bond acceptors (Lipinski definition) is 11. The normalized spacial score (nSPS) is 22.6. The van der Waals surface area contributed by atoms with Crippen LogP contribution in [0.1, 0.15) is 44.7 Å². The summed E-state index contributed by atoms with van der Waals surface area (Å²) < 4.78 is 11.1. The molecular formula is C29H43N5O8. The summed E-state index contributed by atoms with van der Waals surface area (Å²) in [5.41, 5.74) is 14.2. The van der Waals surface area contributed by atoms with Gasteiger partial charge >= 0.3 is 0 Å². The summed E-state index contributed by atoms with van der Waals surface area (Å²) in [5, 5.41) is 50.6. The van der Waals surface area contributed by atoms with Crippen LogP contribution in [0.5, 0.6) is 0 Å². The Kier molecular flexibility index (Phi) is 13.8. The Balaban J connectivity index is 2.05. The molecule has 0 spiro atoms. The van der Waals surface area contributed by atoms with Crippen molar-refractivity contribution >= 4 is 23.4 Å². The number of rotatable bonds is 13. The summed E-state index contributed by atoms with van der Waals surface area (Å²) in [5.74, 6) is -1.27. The van der Waals surface area contributed by atoms with Crippen molar-refractivity contribution in [3.63, 3.8) is 0 Å². The van der Waals surface area contributed by atoms with Crippen LogP contribution in [0.3, 0.4) is 0 Å². The predicted octanol–water partition coefficient (Wildman–Crippen LogP) is 0.358. The van der Waals surface area contributed by atoms with E-state index in [-0.39, 0.29) is 41.8 Å². The second-order valence-corrected chi connectivity index (χ2v) is 10.3. The van der Waals surface area contributed by atoms with Gasteiger partial charge < -0.3 is 46.7 Å². The van der Waals surface area contributed by atoms with E-state index in [0.29, 0.717) is 43.5 Å². The number of nitrogens with one attached hydrogen (secondary N) is 2. The van der Waals surface area contributed by atoms with E-state index < -0.39 is 37.1 Å². The first kappa shape index (κ1) is 34.6. The van der Waals surface area contributed by atoms with Gasteiger partial charge in [-0.15, -0.1) is 0 Å². The molecule has 1 aromatic rings. The van der Waals surface area contributed by atoms with Crippen molar-refractivity contribution in [1.82, 2.24) is 5.32 Å². The summed E-state index contributed by atoms with van der Waals surface area (Å²) in [4.78, 5) is 27.8. The monoisotopic (exact) mass is 589 g/mol. The third-order valence-electron chi connectivity index (χ3n) is 6.73. The van der Waals surface area contributed by atoms with Crippen LogP contribution in [0.2, 0.25) is 0 Å². The van der Waals surface area contributed by atoms with Gasteiger partial charge in [0.1, 0.15) is 24.0 Å². The molecule has 2 amide bonds. The summed E-state index contributed by atoms with van der Waals surface area (Å²) in [6.45, 7) is 5.20. The number of carbonyl (C=O) groups is 2. The summed E-state index contributed by atoms with van der Waals surface area (Å²) in [6, 6.07) is 7.56. The van der Waals surface area contributed by atoms with Crippen LogP contribution < -0.4 is 16.8 Å². The van der Waals surface area contributed by atoms with Crippen LogP contribution >= 0.6 is 0 Å². The van der Waals surface area contributed by atoms with E-state index in [2.05, 4.69) is 10.3 Å². The molecule has 0 saturated carbocycles. The molecule has 0 unspecified atom stereocenters. The summed E-state index contributed by atoms with van der Waals surface area (Å²) in [6.07, 6.45) is -3.52. The highest BCUT2D eigenvalue weighted by Gasteiger charge is 2.42. The number of aliphatic imine (C=N–C) groups is 1. The molecule has 1 saturated heterocycles. The molecule has 10 N–H and O–H groups in total. The Bertz CT molecular complexity index is 1180. The highest BCUT2D eigenvalue weighted by atomic mass is 16.7. The molecular weight excluding hydrogens is 546 g/mol. The zero-order valence-electron chi connectivity index (χ0n) is 24.2. The molecule has 232 valence electrons. The number of ether oxygens (including phenoxy) is 2. The predicted molar refractivity (Wildman–Crippen MR) is 157 cm³/mol. The maximum atomic E-state index is 12.1. The molecule has 13 nitrogen and oxygen atoms in total. The molecule has 0 aliphatic carbocycles. The first-order chi connectivity index (χ1) is 19.9. The first-order valence-corrected chi connectivity index (χ1v) is 13.8. The number of carbonyl (C=O) groups excluding carboxylic acids is 2. The van der Waals surface area contributed by atoms with Crippen LogP contribution in [0, 0.1) is 11.3 Å². The standard InChI is InChI=1S/C29H43N5O8/c1-16(2)24(31)20(27(32)42-29-21(14-35)25(38)26(39)22(15-36)41-29)13-19-9-7-18(8-10-19)5-4-6-23(37)34-17(3)28(40)33-12-11-30/h7-10,14,16,22,25-26,29,32,35-36,38-39H,4-6,11-13,15,30-31H2,1-3H3,(H,33,40)/b21-14-,24-20-,32-27?,34-17?/t22-,25-,26+,29+/m1/s1. The number of aliphatic hydroxyl groups is 4. The Hall–Kier alpha value is -3.62. The molecule has 42 heavy (non-hydrogen) atoms. The number of aliphatic hydroxyl groups excluding tert-OH is 4. The Morgan fingerprint density at radius 3 is 2.43 bits per heavy atom. The largest absolute Gasteiger partial charge is 0.515 e. The lowest BCUT2D eigenvalue weighted by atomic mass is 9.96. The SMILES string of the molecule is CC(=NC(=O)CCCc1ccc(C/C(C(=N)O[C@@H]2O[C@H](CO)[C@H](O)[C@H](O)/C2=C/O)=C(/N)C(C)C)cc1)C(=O)NCCN. The van der Waals surface area contributed by atoms with Crippen molar-refractivity contribution in [3.05, 3.63) is 58.5 Å². The Morgan fingerprint density at radius 2 is 1.86 bits per heavy atom. The Labute approximate surface area is 245 Å². The van der Waals surface area contributed by atoms with Crippen molar-refractivity contribution in [1.29, 1.82) is 5.41 Å². The van der Waals surface area contributed by atoms with E-state index in [1.165, 1.54) is 6.92 Å². The summed E-state index contributed by atoms with van der Waals surface area (Å²) in [7, 11) is 0. The topological polar surface area (TPSA) is 234 Å². The van der Waals surface area contributed by atoms with Crippen LogP contribution in [-0.2, 0) is 31.9 Å². The van der Waals surface area contributed by atoms with E-state index in [9.17, 15) is 30.0 Å². The van der Waals surface area contributed by atoms with E-state index in [0.717, 1.165) is 11.1 Å². The molecule has 1 aliphatic heterocycles. The van der Waals surface area contributed by atoms with Gasteiger partial charge in [0.25, 0.3) is 5.91 Å². The van der Waals surface area contributed by atoms with Crippen molar-refractivity contribution in [2.45, 2.75) is 71.1 Å². The second-order valence-electron chi connectivity index (χ2n) is 10.3. The second kappa shape index (κ2) is 16.7. The van der Waals surface area contributed by atoms with Crippen LogP contribution in [0.25, 0.3) is 0 Å². The number of allylic oxidation sites excluding steroid dienone is 1. The van der Waals surface area contributed by atoms with Crippen molar-refractivity contribution in [2.75, 3.05) is 19.7 Å². The van der Waals surface area contributed by atoms with Gasteiger partial charge in [-0.2, -0.15) is 0 Å². The summed E-state index contributed by atoms with van der Waals surface area (Å²) >= 11 is 0. The maximum absolute atomic E-state index is 12.1. The van der Waals surface area contributed by atoms with Gasteiger partial charge in [0.2, 0.25) is 18.1 Å². The molecule has 4 atom stereocenters. The number of aryl methyl sites for hydroxylation is 1. The van der Waals surface area contributed by atoms with Gasteiger partial charge in [-0.25, -0.2) is 4.99 Å². The van der Waals surface area contributed by atoms with Crippen molar-refractivity contribution in [2.24, 2.45) is 22.4 Å². The third-order valence-corrected chi connectivity index (χ3v) is 6.73. The van der Waals surface area contributed by atoms with E-state index in [1.54, 1.807) is 0 Å². The average Bonchev–Trinajstić information content (AvgIpc) is 2.96. The lowest BCUT2D eigenvalue weighted by Crippen LogP contribution is -2.52. The molecule has 1 aromatic carbocycles. The highest BCUT2D eigenvalue weighted by Crippen LogP contribution is 2.28. The molecule has 2 rings (SSSR count). The van der Waals surface area contributed by atoms with Gasteiger partial charge in [0.05, 0.1) is 18.4 Å². The third kappa shape index (κ3) is 9.74. The molecule has 0 radical (unpaired) electrons. The number of hydrogen-bond donors (Lipinski definition) is 8. The van der Waals surface area contributed by atoms with Gasteiger partial charge in [0, 0.05) is 37.2 Å². The van der Waals surface area contributed by atoms with E-state index in [4.69, 9.17) is 26.4 Å². The zero-order chi connectivity index (χ0) is 31.4. The van der Waals surface area contributed by atoms with Crippen molar-refractivity contribution in [3.8, 4) is 0 Å².